The van der Waals surface area contributed by atoms with Crippen LogP contribution in [0.25, 0.3) is 0 Å². The monoisotopic (exact) mass is 308 g/mol. The fourth-order valence-electron chi connectivity index (χ4n) is 2.10. The Morgan fingerprint density at radius 1 is 1.27 bits per heavy atom. The number of ether oxygens (including phenoxy) is 1. The summed E-state index contributed by atoms with van der Waals surface area (Å²) in [6.45, 7) is 9.13. The topological polar surface area (TPSA) is 72.8 Å². The van der Waals surface area contributed by atoms with Gasteiger partial charge in [0.1, 0.15) is 6.23 Å². The van der Waals surface area contributed by atoms with Gasteiger partial charge in [-0.05, 0) is 33.8 Å². The van der Waals surface area contributed by atoms with Crippen LogP contribution in [0.4, 0.5) is 0 Å². The number of hydrogen-bond acceptors (Lipinski definition) is 6. The summed E-state index contributed by atoms with van der Waals surface area (Å²) in [6.07, 6.45) is 0.862. The summed E-state index contributed by atoms with van der Waals surface area (Å²) in [5, 5.41) is 12.9. The van der Waals surface area contributed by atoms with E-state index in [2.05, 4.69) is 10.3 Å². The predicted octanol–water partition coefficient (Wildman–Crippen LogP) is 0.608. The van der Waals surface area contributed by atoms with Crippen molar-refractivity contribution in [2.24, 2.45) is 0 Å². The van der Waals surface area contributed by atoms with Crippen molar-refractivity contribution in [1.29, 1.82) is 0 Å². The molecule has 122 valence electrons. The van der Waals surface area contributed by atoms with Crippen molar-refractivity contribution in [2.45, 2.75) is 45.1 Å². The summed E-state index contributed by atoms with van der Waals surface area (Å²) in [4.78, 5) is 4.28. The van der Waals surface area contributed by atoms with Crippen molar-refractivity contribution in [2.75, 3.05) is 20.3 Å². The van der Waals surface area contributed by atoms with Crippen LogP contribution in [0.5, 0.6) is 0 Å². The van der Waals surface area contributed by atoms with Crippen LogP contribution in [-0.2, 0) is 14.0 Å². The van der Waals surface area contributed by atoms with Crippen LogP contribution in [0.2, 0.25) is 0 Å². The number of nitrogens with one attached hydrogen (secondary N) is 1. The first-order valence-corrected chi connectivity index (χ1v) is 7.49. The van der Waals surface area contributed by atoms with E-state index in [9.17, 15) is 5.11 Å². The fourth-order valence-corrected chi connectivity index (χ4v) is 2.10. The van der Waals surface area contributed by atoms with Crippen LogP contribution in [-0.4, -0.2) is 48.7 Å². The Morgan fingerprint density at radius 2 is 1.91 bits per heavy atom. The van der Waals surface area contributed by atoms with Crippen LogP contribution in [0.3, 0.4) is 0 Å². The molecule has 0 aromatic carbocycles. The Balaban J connectivity index is 2.01. The Hall–Kier alpha value is -0.985. The number of aliphatic hydroxyl groups is 1. The first kappa shape index (κ1) is 17.4. The van der Waals surface area contributed by atoms with Gasteiger partial charge in [0, 0.05) is 25.3 Å². The fraction of sp³-hybridized carbons (Fsp3) is 0.667. The zero-order chi connectivity index (χ0) is 16.4. The molecule has 22 heavy (non-hydrogen) atoms. The lowest BCUT2D eigenvalue weighted by atomic mass is 9.80. The number of methoxy groups -OCH3 is 1. The molecular weight excluding hydrogens is 283 g/mol. The second-order valence-corrected chi connectivity index (χ2v) is 6.45. The number of aliphatic hydroxyl groups excluding tert-OH is 1. The molecular formula is C15H25BN2O4. The average Bonchev–Trinajstić information content (AvgIpc) is 2.68. The lowest BCUT2D eigenvalue weighted by Crippen LogP contribution is -2.41. The van der Waals surface area contributed by atoms with Crippen LogP contribution >= 0.6 is 0 Å². The van der Waals surface area contributed by atoms with Gasteiger partial charge in [-0.1, -0.05) is 6.07 Å². The predicted molar refractivity (Wildman–Crippen MR) is 84.8 cm³/mol. The highest BCUT2D eigenvalue weighted by Gasteiger charge is 2.51. The highest BCUT2D eigenvalue weighted by molar-refractivity contribution is 6.62. The Morgan fingerprint density at radius 3 is 2.41 bits per heavy atom. The van der Waals surface area contributed by atoms with Gasteiger partial charge < -0.3 is 19.2 Å². The number of hydrogen-bond donors (Lipinski definition) is 2. The molecule has 0 spiro atoms. The van der Waals surface area contributed by atoms with Gasteiger partial charge in [0.25, 0.3) is 0 Å². The summed E-state index contributed by atoms with van der Waals surface area (Å²) in [7, 11) is 1.18. The zero-order valence-electron chi connectivity index (χ0n) is 13.9. The molecule has 6 nitrogen and oxygen atoms in total. The minimum Gasteiger partial charge on any atom is -0.399 e. The maximum absolute atomic E-state index is 9.98. The van der Waals surface area contributed by atoms with E-state index < -0.39 is 13.3 Å². The first-order chi connectivity index (χ1) is 10.3. The molecule has 2 heterocycles. The molecule has 1 aliphatic heterocycles. The maximum Gasteiger partial charge on any atom is 0.496 e. The average molecular weight is 308 g/mol. The quantitative estimate of drug-likeness (QED) is 0.456. The van der Waals surface area contributed by atoms with E-state index in [-0.39, 0.29) is 11.2 Å². The summed E-state index contributed by atoms with van der Waals surface area (Å²) in [6, 6.07) is 3.64. The molecule has 1 aliphatic rings. The van der Waals surface area contributed by atoms with Gasteiger partial charge in [-0.25, -0.2) is 0 Å². The molecule has 0 radical (unpaired) electrons. The van der Waals surface area contributed by atoms with Gasteiger partial charge in [-0.2, -0.15) is 0 Å². The summed E-state index contributed by atoms with van der Waals surface area (Å²) in [5.74, 6) is 0. The van der Waals surface area contributed by atoms with Gasteiger partial charge in [0.15, 0.2) is 0 Å². The molecule has 1 aromatic rings. The molecule has 1 unspecified atom stereocenters. The minimum atomic E-state index is -0.817. The van der Waals surface area contributed by atoms with Gasteiger partial charge in [0.05, 0.1) is 23.5 Å². The molecule has 0 amide bonds. The molecule has 1 fully saturated rings. The van der Waals surface area contributed by atoms with Crippen LogP contribution in [0.15, 0.2) is 18.3 Å². The van der Waals surface area contributed by atoms with Crippen molar-refractivity contribution in [3.05, 3.63) is 24.0 Å². The molecule has 0 bridgehead atoms. The summed E-state index contributed by atoms with van der Waals surface area (Å²) in [5.41, 5.74) is 0.637. The summed E-state index contributed by atoms with van der Waals surface area (Å²) >= 11 is 0. The van der Waals surface area contributed by atoms with E-state index in [1.807, 2.05) is 33.8 Å². The molecule has 0 aliphatic carbocycles. The number of aromatic nitrogens is 1. The highest BCUT2D eigenvalue weighted by Crippen LogP contribution is 2.36. The molecule has 2 rings (SSSR count). The maximum atomic E-state index is 9.98. The molecule has 7 heteroatoms. The van der Waals surface area contributed by atoms with Crippen LogP contribution in [0.1, 0.15) is 39.6 Å². The van der Waals surface area contributed by atoms with Gasteiger partial charge in [-0.3, -0.25) is 10.3 Å². The van der Waals surface area contributed by atoms with Gasteiger partial charge >= 0.3 is 7.12 Å². The van der Waals surface area contributed by atoms with Crippen molar-refractivity contribution in [3.8, 4) is 0 Å². The standard InChI is InChI=1S/C15H25BN2O4/c1-14(2)15(3,4)22-16(21-14)11-6-7-12(18-10-11)13(19)17-8-9-20-5/h6-7,10,13,17,19H,8-9H2,1-5H3. The van der Waals surface area contributed by atoms with Crippen LogP contribution < -0.4 is 10.8 Å². The van der Waals surface area contributed by atoms with Crippen molar-refractivity contribution in [1.82, 2.24) is 10.3 Å². The SMILES string of the molecule is COCCNC(O)c1ccc(B2OC(C)(C)C(C)(C)O2)cn1. The third-order valence-corrected chi connectivity index (χ3v) is 4.26. The van der Waals surface area contributed by atoms with E-state index in [0.29, 0.717) is 18.8 Å². The Kier molecular flexibility index (Phi) is 5.24. The van der Waals surface area contributed by atoms with E-state index in [1.165, 1.54) is 0 Å². The summed E-state index contributed by atoms with van der Waals surface area (Å²) < 4.78 is 16.9. The van der Waals surface area contributed by atoms with Crippen molar-refractivity contribution in [3.63, 3.8) is 0 Å². The largest absolute Gasteiger partial charge is 0.496 e. The van der Waals surface area contributed by atoms with Gasteiger partial charge in [0.2, 0.25) is 0 Å². The van der Waals surface area contributed by atoms with Crippen molar-refractivity contribution >= 4 is 12.6 Å². The van der Waals surface area contributed by atoms with E-state index >= 15 is 0 Å². The van der Waals surface area contributed by atoms with E-state index in [0.717, 1.165) is 5.46 Å². The lowest BCUT2D eigenvalue weighted by Gasteiger charge is -2.32. The number of pyridine rings is 1. The minimum absolute atomic E-state index is 0.377. The third-order valence-electron chi connectivity index (χ3n) is 4.26. The Labute approximate surface area is 132 Å². The molecule has 1 aromatic heterocycles. The molecule has 1 atom stereocenters. The second kappa shape index (κ2) is 6.64. The second-order valence-electron chi connectivity index (χ2n) is 6.45. The van der Waals surface area contributed by atoms with Crippen LogP contribution in [0, 0.1) is 0 Å². The molecule has 2 N–H and O–H groups in total. The normalized spacial score (nSPS) is 21.1. The smallest absolute Gasteiger partial charge is 0.399 e. The van der Waals surface area contributed by atoms with E-state index in [1.54, 1.807) is 19.4 Å². The lowest BCUT2D eigenvalue weighted by molar-refractivity contribution is 0.00578. The number of nitrogens with zero attached hydrogens (tertiary/aromatic N) is 1. The van der Waals surface area contributed by atoms with Crippen molar-refractivity contribution < 1.29 is 19.2 Å². The molecule has 0 saturated carbocycles. The Bertz CT molecular complexity index is 477. The van der Waals surface area contributed by atoms with E-state index in [4.69, 9.17) is 14.0 Å². The molecule has 1 saturated heterocycles. The highest BCUT2D eigenvalue weighted by atomic mass is 16.7. The first-order valence-electron chi connectivity index (χ1n) is 7.49. The zero-order valence-corrected chi connectivity index (χ0v) is 13.9. The van der Waals surface area contributed by atoms with Gasteiger partial charge in [-0.15, -0.1) is 0 Å². The third kappa shape index (κ3) is 3.67. The number of rotatable bonds is 6.